The van der Waals surface area contributed by atoms with Gasteiger partial charge in [0.15, 0.2) is 0 Å². The molecule has 0 radical (unpaired) electrons. The number of nitrogens with zero attached hydrogens (tertiary/aromatic N) is 2. The lowest BCUT2D eigenvalue weighted by atomic mass is 10.0. The van der Waals surface area contributed by atoms with Gasteiger partial charge in [-0.1, -0.05) is 55.3 Å². The van der Waals surface area contributed by atoms with Crippen LogP contribution >= 0.6 is 11.3 Å². The van der Waals surface area contributed by atoms with Crippen molar-refractivity contribution < 1.29 is 41.9 Å². The van der Waals surface area contributed by atoms with Gasteiger partial charge in [-0.15, -0.1) is 11.3 Å². The number of carbonyl (C=O) groups is 5. The van der Waals surface area contributed by atoms with Gasteiger partial charge in [-0.05, 0) is 80.4 Å². The van der Waals surface area contributed by atoms with Crippen LogP contribution in [0.1, 0.15) is 81.8 Å². The zero-order chi connectivity index (χ0) is 37.9. The number of alkyl carbamates (subject to hydrolysis) is 1. The predicted octanol–water partition coefficient (Wildman–Crippen LogP) is 4.15. The zero-order valence-corrected chi connectivity index (χ0v) is 31.7. The molecule has 14 nitrogen and oxygen atoms in total. The number of fused-ring (bicyclic) bond motifs is 3. The Morgan fingerprint density at radius 3 is 2.48 bits per heavy atom. The lowest BCUT2D eigenvalue weighted by Crippen LogP contribution is -2.58. The van der Waals surface area contributed by atoms with Crippen molar-refractivity contribution in [3.8, 4) is 0 Å². The first-order chi connectivity index (χ1) is 26.0. The van der Waals surface area contributed by atoms with Crippen molar-refractivity contribution in [2.75, 3.05) is 13.1 Å². The third-order valence-corrected chi connectivity index (χ3v) is 13.9. The van der Waals surface area contributed by atoms with Gasteiger partial charge < -0.3 is 29.9 Å². The van der Waals surface area contributed by atoms with E-state index in [9.17, 15) is 32.4 Å². The Labute approximate surface area is 319 Å². The molecule has 5 amide bonds. The van der Waals surface area contributed by atoms with Gasteiger partial charge in [0, 0.05) is 25.4 Å². The van der Waals surface area contributed by atoms with Crippen LogP contribution in [0.3, 0.4) is 0 Å². The Kier molecular flexibility index (Phi) is 11.3. The van der Waals surface area contributed by atoms with E-state index >= 15 is 0 Å². The minimum atomic E-state index is -4.20. The Bertz CT molecular complexity index is 1880. The molecule has 1 aromatic carbocycles. The fourth-order valence-electron chi connectivity index (χ4n) is 8.05. The second-order valence-electron chi connectivity index (χ2n) is 14.9. The lowest BCUT2D eigenvalue weighted by molar-refractivity contribution is -0.141. The standard InChI is InChI=1S/C38H47N5O9S2/c44-33-31-21-29(52-37(48)42-19-18-25-11-6-7-12-26(25)23-42)24-43(31)34(45)30(39-36(47)51-28-14-8-9-15-28)16-5-3-1-2-4-13-27-22-38(27,40-33)35(46)41-54(49,50)32-17-10-20-53-32/h4,6-7,10-13,17,20,27-31H,1-3,5,8-9,14-16,18-19,21-24H2,(H,39,47)(H,40,44)(H,41,46)/b13-4-/t27-,29-,30+,31+,38-/m1/s1. The van der Waals surface area contributed by atoms with Gasteiger partial charge in [-0.25, -0.2) is 22.7 Å². The fraction of sp³-hybridized carbons (Fsp3) is 0.553. The molecule has 2 aromatic rings. The molecular weight excluding hydrogens is 735 g/mol. The Hall–Kier alpha value is -4.44. The Balaban J connectivity index is 1.13. The molecule has 3 aliphatic heterocycles. The van der Waals surface area contributed by atoms with Gasteiger partial charge >= 0.3 is 12.2 Å². The zero-order valence-electron chi connectivity index (χ0n) is 30.1. The molecule has 7 rings (SSSR count). The average Bonchev–Trinajstić information content (AvgIpc) is 3.67. The van der Waals surface area contributed by atoms with Crippen LogP contribution in [0.2, 0.25) is 0 Å². The van der Waals surface area contributed by atoms with Crippen molar-refractivity contribution in [3.63, 3.8) is 0 Å². The fourth-order valence-corrected chi connectivity index (χ4v) is 10.1. The summed E-state index contributed by atoms with van der Waals surface area (Å²) in [7, 11) is -4.20. The molecule has 0 bridgehead atoms. The molecule has 290 valence electrons. The predicted molar refractivity (Wildman–Crippen MR) is 197 cm³/mol. The first kappa shape index (κ1) is 37.9. The molecule has 2 saturated carbocycles. The summed E-state index contributed by atoms with van der Waals surface area (Å²) < 4.78 is 39.9. The smallest absolute Gasteiger partial charge is 0.410 e. The summed E-state index contributed by atoms with van der Waals surface area (Å²) in [6.45, 7) is 0.702. The number of benzene rings is 1. The Morgan fingerprint density at radius 2 is 1.70 bits per heavy atom. The van der Waals surface area contributed by atoms with Gasteiger partial charge in [-0.3, -0.25) is 14.4 Å². The number of amides is 5. The van der Waals surface area contributed by atoms with Gasteiger partial charge in [0.05, 0.1) is 6.54 Å². The van der Waals surface area contributed by atoms with Crippen LogP contribution in [-0.2, 0) is 46.8 Å². The molecule has 4 heterocycles. The molecule has 16 heteroatoms. The number of allylic oxidation sites excluding steroid dienone is 1. The van der Waals surface area contributed by atoms with Crippen LogP contribution in [-0.4, -0.2) is 91.0 Å². The summed E-state index contributed by atoms with van der Waals surface area (Å²) in [4.78, 5) is 72.0. The molecule has 3 N–H and O–H groups in total. The molecule has 0 spiro atoms. The molecule has 5 aliphatic rings. The van der Waals surface area contributed by atoms with Crippen LogP contribution in [0, 0.1) is 5.92 Å². The van der Waals surface area contributed by atoms with E-state index in [4.69, 9.17) is 9.47 Å². The molecule has 54 heavy (non-hydrogen) atoms. The second kappa shape index (κ2) is 16.1. The van der Waals surface area contributed by atoms with Crippen LogP contribution in [0.5, 0.6) is 0 Å². The maximum atomic E-state index is 14.4. The van der Waals surface area contributed by atoms with Crippen molar-refractivity contribution in [2.45, 2.75) is 118 Å². The summed E-state index contributed by atoms with van der Waals surface area (Å²) >= 11 is 0.962. The van der Waals surface area contributed by atoms with E-state index in [2.05, 4.69) is 15.4 Å². The Morgan fingerprint density at radius 1 is 0.926 bits per heavy atom. The largest absolute Gasteiger partial charge is 0.446 e. The molecule has 3 fully saturated rings. The summed E-state index contributed by atoms with van der Waals surface area (Å²) in [5.41, 5.74) is 0.603. The van der Waals surface area contributed by atoms with Gasteiger partial charge in [-0.2, -0.15) is 0 Å². The maximum Gasteiger partial charge on any atom is 0.410 e. The third-order valence-electron chi connectivity index (χ3n) is 11.2. The minimum absolute atomic E-state index is 0.0390. The van der Waals surface area contributed by atoms with Crippen LogP contribution in [0.15, 0.2) is 58.1 Å². The SMILES string of the molecule is O=C(N[C@H]1CCCCC/C=C\[C@@H]2C[C@@]2(C(=O)NS(=O)(=O)c2cccs2)NC(=O)[C@@H]2C[C@@H](OC(=O)N3CCc4ccccc4C3)CN2C1=O)OC1CCCC1. The third kappa shape index (κ3) is 8.43. The molecule has 1 aromatic heterocycles. The van der Waals surface area contributed by atoms with E-state index in [-0.39, 0.29) is 29.7 Å². The van der Waals surface area contributed by atoms with E-state index in [0.29, 0.717) is 38.8 Å². The van der Waals surface area contributed by atoms with Crippen molar-refractivity contribution in [2.24, 2.45) is 5.92 Å². The van der Waals surface area contributed by atoms with E-state index < -0.39 is 69.6 Å². The highest BCUT2D eigenvalue weighted by Gasteiger charge is 2.62. The number of ether oxygens (including phenoxy) is 2. The van der Waals surface area contributed by atoms with E-state index in [1.165, 1.54) is 11.0 Å². The van der Waals surface area contributed by atoms with Crippen LogP contribution in [0.4, 0.5) is 9.59 Å². The monoisotopic (exact) mass is 781 g/mol. The lowest BCUT2D eigenvalue weighted by Gasteiger charge is -2.30. The van der Waals surface area contributed by atoms with Gasteiger partial charge in [0.2, 0.25) is 11.8 Å². The number of nitrogens with one attached hydrogen (secondary N) is 3. The summed E-state index contributed by atoms with van der Waals surface area (Å²) in [5, 5.41) is 7.18. The highest BCUT2D eigenvalue weighted by Crippen LogP contribution is 2.46. The van der Waals surface area contributed by atoms with Gasteiger partial charge in [0.1, 0.15) is 34.0 Å². The van der Waals surface area contributed by atoms with Crippen molar-refractivity contribution in [1.82, 2.24) is 25.2 Å². The van der Waals surface area contributed by atoms with Crippen molar-refractivity contribution in [1.29, 1.82) is 0 Å². The number of sulfonamides is 1. The van der Waals surface area contributed by atoms with E-state index in [1.807, 2.05) is 36.4 Å². The number of hydrogen-bond donors (Lipinski definition) is 3. The summed E-state index contributed by atoms with van der Waals surface area (Å²) in [5.74, 6) is -2.56. The second-order valence-corrected chi connectivity index (χ2v) is 17.8. The van der Waals surface area contributed by atoms with Crippen LogP contribution < -0.4 is 15.4 Å². The van der Waals surface area contributed by atoms with Crippen LogP contribution in [0.25, 0.3) is 0 Å². The minimum Gasteiger partial charge on any atom is -0.446 e. The molecule has 1 saturated heterocycles. The number of carbonyl (C=O) groups excluding carboxylic acids is 5. The number of rotatable bonds is 6. The van der Waals surface area contributed by atoms with Crippen molar-refractivity contribution >= 4 is 51.3 Å². The highest BCUT2D eigenvalue weighted by molar-refractivity contribution is 7.92. The number of hydrogen-bond acceptors (Lipinski definition) is 10. The first-order valence-electron chi connectivity index (χ1n) is 18.9. The quantitative estimate of drug-likeness (QED) is 0.363. The van der Waals surface area contributed by atoms with Gasteiger partial charge in [0.25, 0.3) is 15.9 Å². The highest BCUT2D eigenvalue weighted by atomic mass is 32.2. The molecular formula is C38H47N5O9S2. The molecule has 5 atom stereocenters. The normalized spacial score (nSPS) is 28.3. The first-order valence-corrected chi connectivity index (χ1v) is 21.3. The average molecular weight is 782 g/mol. The molecule has 2 aliphatic carbocycles. The maximum absolute atomic E-state index is 14.4. The molecule has 0 unspecified atom stereocenters. The van der Waals surface area contributed by atoms with Crippen molar-refractivity contribution in [3.05, 3.63) is 65.1 Å². The summed E-state index contributed by atoms with van der Waals surface area (Å²) in [6.07, 6.45) is 8.75. The topological polar surface area (TPSA) is 181 Å². The number of thiophene rings is 1. The summed E-state index contributed by atoms with van der Waals surface area (Å²) in [6, 6.07) is 8.63. The van der Waals surface area contributed by atoms with E-state index in [0.717, 1.165) is 61.0 Å². The van der Waals surface area contributed by atoms with E-state index in [1.54, 1.807) is 16.3 Å².